The van der Waals surface area contributed by atoms with E-state index in [1.807, 2.05) is 60.7 Å². The molecule has 0 aliphatic carbocycles. The SMILES string of the molecule is Cl.O=C(NCCCSc1ccccn1)c1cccc2ccccc12. The van der Waals surface area contributed by atoms with E-state index in [2.05, 4.69) is 10.3 Å². The van der Waals surface area contributed by atoms with Crippen LogP contribution >= 0.6 is 24.2 Å². The Labute approximate surface area is 152 Å². The Morgan fingerprint density at radius 3 is 2.62 bits per heavy atom. The highest BCUT2D eigenvalue weighted by Crippen LogP contribution is 2.18. The van der Waals surface area contributed by atoms with Crippen molar-refractivity contribution in [2.75, 3.05) is 12.3 Å². The summed E-state index contributed by atoms with van der Waals surface area (Å²) in [6, 6.07) is 19.7. The van der Waals surface area contributed by atoms with Gasteiger partial charge in [-0.05, 0) is 35.4 Å². The molecule has 2 aromatic carbocycles. The Hall–Kier alpha value is -2.04. The van der Waals surface area contributed by atoms with Gasteiger partial charge in [0.15, 0.2) is 0 Å². The van der Waals surface area contributed by atoms with Gasteiger partial charge in [0, 0.05) is 24.1 Å². The molecule has 24 heavy (non-hydrogen) atoms. The molecule has 1 amide bonds. The first kappa shape index (κ1) is 18.3. The van der Waals surface area contributed by atoms with Crippen LogP contribution < -0.4 is 5.32 Å². The number of carbonyl (C=O) groups is 1. The molecule has 0 saturated heterocycles. The molecule has 0 radical (unpaired) electrons. The van der Waals surface area contributed by atoms with E-state index in [-0.39, 0.29) is 18.3 Å². The zero-order chi connectivity index (χ0) is 15.9. The fourth-order valence-electron chi connectivity index (χ4n) is 2.40. The number of rotatable bonds is 6. The first-order valence-electron chi connectivity index (χ1n) is 7.64. The molecular formula is C19H19ClN2OS. The first-order chi connectivity index (χ1) is 11.3. The van der Waals surface area contributed by atoms with E-state index in [9.17, 15) is 4.79 Å². The maximum Gasteiger partial charge on any atom is 0.251 e. The second-order valence-corrected chi connectivity index (χ2v) is 6.27. The first-order valence-corrected chi connectivity index (χ1v) is 8.63. The predicted octanol–water partition coefficient (Wildman–Crippen LogP) is 4.57. The molecule has 0 atom stereocenters. The molecule has 0 unspecified atom stereocenters. The van der Waals surface area contributed by atoms with Gasteiger partial charge in [-0.1, -0.05) is 42.5 Å². The number of pyridine rings is 1. The number of fused-ring (bicyclic) bond motifs is 1. The minimum atomic E-state index is -0.00960. The molecule has 1 aromatic heterocycles. The number of benzene rings is 2. The maximum atomic E-state index is 12.4. The second kappa shape index (κ2) is 9.30. The molecule has 0 saturated carbocycles. The van der Waals surface area contributed by atoms with Gasteiger partial charge in [0.1, 0.15) is 0 Å². The van der Waals surface area contributed by atoms with Crippen molar-refractivity contribution in [3.8, 4) is 0 Å². The van der Waals surface area contributed by atoms with Gasteiger partial charge in [-0.2, -0.15) is 0 Å². The third kappa shape index (κ3) is 4.73. The van der Waals surface area contributed by atoms with Crippen LogP contribution in [0.25, 0.3) is 10.8 Å². The van der Waals surface area contributed by atoms with E-state index < -0.39 is 0 Å². The number of amides is 1. The zero-order valence-electron chi connectivity index (χ0n) is 13.1. The van der Waals surface area contributed by atoms with Crippen LogP contribution in [0.2, 0.25) is 0 Å². The Balaban J connectivity index is 0.00000208. The monoisotopic (exact) mass is 358 g/mol. The number of thioether (sulfide) groups is 1. The highest BCUT2D eigenvalue weighted by atomic mass is 35.5. The largest absolute Gasteiger partial charge is 0.352 e. The molecule has 3 nitrogen and oxygen atoms in total. The number of carbonyl (C=O) groups excluding carboxylic acids is 1. The van der Waals surface area contributed by atoms with Crippen LogP contribution in [0.5, 0.6) is 0 Å². The van der Waals surface area contributed by atoms with Gasteiger partial charge in [-0.15, -0.1) is 24.2 Å². The van der Waals surface area contributed by atoms with Crippen molar-refractivity contribution >= 4 is 40.8 Å². The van der Waals surface area contributed by atoms with Gasteiger partial charge in [0.2, 0.25) is 0 Å². The minimum absolute atomic E-state index is 0. The third-order valence-electron chi connectivity index (χ3n) is 3.53. The molecule has 3 aromatic rings. The summed E-state index contributed by atoms with van der Waals surface area (Å²) in [7, 11) is 0. The van der Waals surface area contributed by atoms with Gasteiger partial charge in [0.25, 0.3) is 5.91 Å². The van der Waals surface area contributed by atoms with Crippen LogP contribution in [-0.4, -0.2) is 23.2 Å². The molecule has 0 aliphatic rings. The lowest BCUT2D eigenvalue weighted by atomic mass is 10.0. The lowest BCUT2D eigenvalue weighted by Crippen LogP contribution is -2.25. The summed E-state index contributed by atoms with van der Waals surface area (Å²) in [5, 5.41) is 6.11. The lowest BCUT2D eigenvalue weighted by molar-refractivity contribution is 0.0955. The molecule has 0 spiro atoms. The van der Waals surface area contributed by atoms with Crippen molar-refractivity contribution in [1.29, 1.82) is 0 Å². The van der Waals surface area contributed by atoms with Gasteiger partial charge in [-0.3, -0.25) is 4.79 Å². The number of aromatic nitrogens is 1. The zero-order valence-corrected chi connectivity index (χ0v) is 14.8. The average Bonchev–Trinajstić information content (AvgIpc) is 2.61. The highest BCUT2D eigenvalue weighted by molar-refractivity contribution is 7.99. The Morgan fingerprint density at radius 2 is 1.79 bits per heavy atom. The van der Waals surface area contributed by atoms with Crippen LogP contribution in [0.3, 0.4) is 0 Å². The van der Waals surface area contributed by atoms with E-state index in [0.29, 0.717) is 6.54 Å². The van der Waals surface area contributed by atoms with Crippen molar-refractivity contribution in [1.82, 2.24) is 10.3 Å². The van der Waals surface area contributed by atoms with E-state index in [0.717, 1.165) is 33.5 Å². The summed E-state index contributed by atoms with van der Waals surface area (Å²) >= 11 is 1.71. The quantitative estimate of drug-likeness (QED) is 0.518. The lowest BCUT2D eigenvalue weighted by Gasteiger charge is -2.08. The molecule has 0 bridgehead atoms. The molecular weight excluding hydrogens is 340 g/mol. The number of halogens is 1. The number of nitrogens with one attached hydrogen (secondary N) is 1. The number of hydrogen-bond acceptors (Lipinski definition) is 3. The van der Waals surface area contributed by atoms with Crippen LogP contribution in [0.4, 0.5) is 0 Å². The Morgan fingerprint density at radius 1 is 1.00 bits per heavy atom. The van der Waals surface area contributed by atoms with E-state index >= 15 is 0 Å². The average molecular weight is 359 g/mol. The minimum Gasteiger partial charge on any atom is -0.352 e. The fraction of sp³-hybridized carbons (Fsp3) is 0.158. The van der Waals surface area contributed by atoms with Crippen LogP contribution in [-0.2, 0) is 0 Å². The summed E-state index contributed by atoms with van der Waals surface area (Å²) < 4.78 is 0. The number of nitrogens with zero attached hydrogens (tertiary/aromatic N) is 1. The molecule has 0 fully saturated rings. The van der Waals surface area contributed by atoms with E-state index in [1.54, 1.807) is 18.0 Å². The Kier molecular flexibility index (Phi) is 7.09. The van der Waals surface area contributed by atoms with Gasteiger partial charge in [0.05, 0.1) is 5.03 Å². The summed E-state index contributed by atoms with van der Waals surface area (Å²) in [4.78, 5) is 16.6. The molecule has 124 valence electrons. The van der Waals surface area contributed by atoms with Crippen LogP contribution in [0.15, 0.2) is 71.9 Å². The molecule has 3 rings (SSSR count). The highest BCUT2D eigenvalue weighted by Gasteiger charge is 2.08. The standard InChI is InChI=1S/C19H18N2OS.ClH/c22-19(17-10-5-8-15-7-1-2-9-16(15)17)21-13-6-14-23-18-11-3-4-12-20-18;/h1-5,7-12H,6,13-14H2,(H,21,22);1H. The second-order valence-electron chi connectivity index (χ2n) is 5.15. The number of hydrogen-bond donors (Lipinski definition) is 1. The fourth-order valence-corrected chi connectivity index (χ4v) is 3.21. The van der Waals surface area contributed by atoms with E-state index in [1.165, 1.54) is 0 Å². The van der Waals surface area contributed by atoms with Crippen LogP contribution in [0.1, 0.15) is 16.8 Å². The van der Waals surface area contributed by atoms with E-state index in [4.69, 9.17) is 0 Å². The van der Waals surface area contributed by atoms with Crippen molar-refractivity contribution in [2.24, 2.45) is 0 Å². The molecule has 5 heteroatoms. The van der Waals surface area contributed by atoms with Crippen LogP contribution in [0, 0.1) is 0 Å². The van der Waals surface area contributed by atoms with Crippen molar-refractivity contribution in [3.63, 3.8) is 0 Å². The smallest absolute Gasteiger partial charge is 0.251 e. The van der Waals surface area contributed by atoms with Crippen molar-refractivity contribution in [3.05, 3.63) is 72.4 Å². The van der Waals surface area contributed by atoms with Gasteiger partial charge < -0.3 is 5.32 Å². The van der Waals surface area contributed by atoms with Gasteiger partial charge in [-0.25, -0.2) is 4.98 Å². The predicted molar refractivity (Wildman–Crippen MR) is 103 cm³/mol. The summed E-state index contributed by atoms with van der Waals surface area (Å²) in [6.07, 6.45) is 2.71. The normalized spacial score (nSPS) is 10.2. The van der Waals surface area contributed by atoms with Crippen molar-refractivity contribution in [2.45, 2.75) is 11.4 Å². The van der Waals surface area contributed by atoms with Crippen molar-refractivity contribution < 1.29 is 4.79 Å². The van der Waals surface area contributed by atoms with Gasteiger partial charge >= 0.3 is 0 Å². The summed E-state index contributed by atoms with van der Waals surface area (Å²) in [6.45, 7) is 0.669. The molecule has 0 aliphatic heterocycles. The third-order valence-corrected chi connectivity index (χ3v) is 4.56. The summed E-state index contributed by atoms with van der Waals surface area (Å²) in [5.74, 6) is 0.928. The summed E-state index contributed by atoms with van der Waals surface area (Å²) in [5.41, 5.74) is 0.737. The Bertz CT molecular complexity index is 790. The molecule has 1 N–H and O–H groups in total. The maximum absolute atomic E-state index is 12.4. The topological polar surface area (TPSA) is 42.0 Å². The molecule has 1 heterocycles.